The minimum atomic E-state index is -3.39. The summed E-state index contributed by atoms with van der Waals surface area (Å²) in [4.78, 5) is 10.1. The molecule has 0 amide bonds. The monoisotopic (exact) mass is 209 g/mol. The van der Waals surface area contributed by atoms with Gasteiger partial charge in [0, 0.05) is 6.54 Å². The van der Waals surface area contributed by atoms with Crippen molar-refractivity contribution in [3.63, 3.8) is 0 Å². The maximum atomic E-state index is 11.1. The van der Waals surface area contributed by atoms with E-state index in [1.807, 2.05) is 4.72 Å². The van der Waals surface area contributed by atoms with Crippen LogP contribution in [0.5, 0.6) is 0 Å². The molecule has 7 heteroatoms. The molecule has 0 saturated heterocycles. The molecule has 76 valence electrons. The SMILES string of the molecule is O=C(O)[C@@H](O)CNS(=O)(=O)C1CC1. The second-order valence-electron chi connectivity index (χ2n) is 2.95. The zero-order valence-corrected chi connectivity index (χ0v) is 7.62. The zero-order chi connectivity index (χ0) is 10.1. The molecule has 0 aromatic carbocycles. The predicted octanol–water partition coefficient (Wildman–Crippen LogP) is -1.49. The first-order chi connectivity index (χ1) is 5.93. The van der Waals surface area contributed by atoms with Gasteiger partial charge in [-0.15, -0.1) is 0 Å². The van der Waals surface area contributed by atoms with Gasteiger partial charge in [0.05, 0.1) is 5.25 Å². The van der Waals surface area contributed by atoms with Gasteiger partial charge in [0.25, 0.3) is 0 Å². The van der Waals surface area contributed by atoms with Gasteiger partial charge in [-0.3, -0.25) is 0 Å². The van der Waals surface area contributed by atoms with Crippen LogP contribution < -0.4 is 4.72 Å². The summed E-state index contributed by atoms with van der Waals surface area (Å²) in [7, 11) is -3.39. The molecule has 1 saturated carbocycles. The first-order valence-corrected chi connectivity index (χ1v) is 5.37. The lowest BCUT2D eigenvalue weighted by atomic mass is 10.4. The van der Waals surface area contributed by atoms with Crippen LogP contribution in [0.25, 0.3) is 0 Å². The Morgan fingerprint density at radius 1 is 1.54 bits per heavy atom. The molecule has 0 aliphatic heterocycles. The summed E-state index contributed by atoms with van der Waals surface area (Å²) in [5.41, 5.74) is 0. The molecule has 1 atom stereocenters. The van der Waals surface area contributed by atoms with Crippen LogP contribution in [-0.4, -0.2) is 42.5 Å². The summed E-state index contributed by atoms with van der Waals surface area (Å²) in [6.45, 7) is -0.464. The lowest BCUT2D eigenvalue weighted by molar-refractivity contribution is -0.146. The molecule has 0 heterocycles. The van der Waals surface area contributed by atoms with Gasteiger partial charge in [-0.1, -0.05) is 0 Å². The number of carboxylic acid groups (broad SMARTS) is 1. The van der Waals surface area contributed by atoms with Gasteiger partial charge in [0.1, 0.15) is 0 Å². The van der Waals surface area contributed by atoms with Gasteiger partial charge in [-0.05, 0) is 12.8 Å². The number of rotatable bonds is 5. The van der Waals surface area contributed by atoms with Crippen LogP contribution in [0.2, 0.25) is 0 Å². The summed E-state index contributed by atoms with van der Waals surface area (Å²) < 4.78 is 24.3. The van der Waals surface area contributed by atoms with Gasteiger partial charge in [0.2, 0.25) is 10.0 Å². The van der Waals surface area contributed by atoms with E-state index in [1.54, 1.807) is 0 Å². The molecule has 13 heavy (non-hydrogen) atoms. The molecular formula is C6H11NO5S. The Kier molecular flexibility index (Phi) is 2.89. The number of aliphatic hydroxyl groups is 1. The molecule has 3 N–H and O–H groups in total. The van der Waals surface area contributed by atoms with Gasteiger partial charge in [-0.2, -0.15) is 0 Å². The molecule has 0 radical (unpaired) electrons. The number of carbonyl (C=O) groups is 1. The standard InChI is InChI=1S/C6H11NO5S/c8-5(6(9)10)3-7-13(11,12)4-1-2-4/h4-5,7-8H,1-3H2,(H,9,10)/t5-/m0/s1. The minimum absolute atomic E-state index is 0.395. The Labute approximate surface area is 75.6 Å². The summed E-state index contributed by atoms with van der Waals surface area (Å²) in [6, 6.07) is 0. The normalized spacial score (nSPS) is 19.8. The lowest BCUT2D eigenvalue weighted by Crippen LogP contribution is -2.37. The van der Waals surface area contributed by atoms with Crippen molar-refractivity contribution < 1.29 is 23.4 Å². The van der Waals surface area contributed by atoms with E-state index in [9.17, 15) is 13.2 Å². The molecular weight excluding hydrogens is 198 g/mol. The van der Waals surface area contributed by atoms with Crippen LogP contribution >= 0.6 is 0 Å². The average molecular weight is 209 g/mol. The summed E-state index contributed by atoms with van der Waals surface area (Å²) in [6.07, 6.45) is -0.453. The van der Waals surface area contributed by atoms with Crippen molar-refractivity contribution >= 4 is 16.0 Å². The first kappa shape index (κ1) is 10.4. The van der Waals surface area contributed by atoms with Crippen LogP contribution in [-0.2, 0) is 14.8 Å². The number of aliphatic hydroxyl groups excluding tert-OH is 1. The topological polar surface area (TPSA) is 104 Å². The van der Waals surface area contributed by atoms with Crippen LogP contribution in [0.15, 0.2) is 0 Å². The number of carboxylic acids is 1. The van der Waals surface area contributed by atoms with Gasteiger partial charge in [-0.25, -0.2) is 17.9 Å². The molecule has 1 aliphatic rings. The highest BCUT2D eigenvalue weighted by Gasteiger charge is 2.35. The van der Waals surface area contributed by atoms with Gasteiger partial charge in [0.15, 0.2) is 6.10 Å². The van der Waals surface area contributed by atoms with Crippen molar-refractivity contribution in [3.8, 4) is 0 Å². The second kappa shape index (κ2) is 3.60. The fourth-order valence-corrected chi connectivity index (χ4v) is 2.16. The number of hydrogen-bond acceptors (Lipinski definition) is 4. The molecule has 1 rings (SSSR count). The van der Waals surface area contributed by atoms with Gasteiger partial charge >= 0.3 is 5.97 Å². The third kappa shape index (κ3) is 2.94. The third-order valence-electron chi connectivity index (χ3n) is 1.73. The molecule has 6 nitrogen and oxygen atoms in total. The molecule has 1 fully saturated rings. The van der Waals surface area contributed by atoms with Crippen molar-refractivity contribution in [2.75, 3.05) is 6.54 Å². The molecule has 1 aliphatic carbocycles. The molecule has 0 aromatic rings. The highest BCUT2D eigenvalue weighted by molar-refractivity contribution is 7.90. The summed E-state index contributed by atoms with van der Waals surface area (Å²) >= 11 is 0. The first-order valence-electron chi connectivity index (χ1n) is 3.83. The summed E-state index contributed by atoms with van der Waals surface area (Å²) in [5, 5.41) is 16.6. The largest absolute Gasteiger partial charge is 0.479 e. The van der Waals surface area contributed by atoms with E-state index >= 15 is 0 Å². The van der Waals surface area contributed by atoms with Crippen LogP contribution in [0.4, 0.5) is 0 Å². The van der Waals surface area contributed by atoms with Crippen LogP contribution in [0.1, 0.15) is 12.8 Å². The van der Waals surface area contributed by atoms with Crippen LogP contribution in [0.3, 0.4) is 0 Å². The Bertz CT molecular complexity index is 294. The van der Waals surface area contributed by atoms with Crippen molar-refractivity contribution in [2.45, 2.75) is 24.2 Å². The smallest absolute Gasteiger partial charge is 0.333 e. The molecule has 0 spiro atoms. The van der Waals surface area contributed by atoms with Crippen molar-refractivity contribution in [1.29, 1.82) is 0 Å². The van der Waals surface area contributed by atoms with Crippen molar-refractivity contribution in [2.24, 2.45) is 0 Å². The van der Waals surface area contributed by atoms with E-state index in [2.05, 4.69) is 0 Å². The Morgan fingerprint density at radius 2 is 2.08 bits per heavy atom. The number of nitrogens with one attached hydrogen (secondary N) is 1. The summed E-state index contributed by atoms with van der Waals surface area (Å²) in [5.74, 6) is -1.43. The number of sulfonamides is 1. The van der Waals surface area contributed by atoms with E-state index in [0.717, 1.165) is 0 Å². The lowest BCUT2D eigenvalue weighted by Gasteiger charge is -2.07. The van der Waals surface area contributed by atoms with Crippen molar-refractivity contribution in [3.05, 3.63) is 0 Å². The highest BCUT2D eigenvalue weighted by Crippen LogP contribution is 2.27. The fourth-order valence-electron chi connectivity index (χ4n) is 0.779. The quantitative estimate of drug-likeness (QED) is 0.512. The number of aliphatic carboxylic acids is 1. The van der Waals surface area contributed by atoms with E-state index in [-0.39, 0.29) is 0 Å². The molecule has 0 aromatic heterocycles. The van der Waals surface area contributed by atoms with Crippen molar-refractivity contribution in [1.82, 2.24) is 4.72 Å². The molecule has 0 unspecified atom stereocenters. The predicted molar refractivity (Wildman–Crippen MR) is 43.6 cm³/mol. The van der Waals surface area contributed by atoms with E-state index in [1.165, 1.54) is 0 Å². The third-order valence-corrected chi connectivity index (χ3v) is 3.64. The highest BCUT2D eigenvalue weighted by atomic mass is 32.2. The fraction of sp³-hybridized carbons (Fsp3) is 0.833. The van der Waals surface area contributed by atoms with E-state index < -0.39 is 33.9 Å². The maximum Gasteiger partial charge on any atom is 0.333 e. The Morgan fingerprint density at radius 3 is 2.46 bits per heavy atom. The van der Waals surface area contributed by atoms with Gasteiger partial charge < -0.3 is 10.2 Å². The van der Waals surface area contributed by atoms with Crippen LogP contribution in [0, 0.1) is 0 Å². The zero-order valence-electron chi connectivity index (χ0n) is 6.80. The van der Waals surface area contributed by atoms with E-state index in [0.29, 0.717) is 12.8 Å². The minimum Gasteiger partial charge on any atom is -0.479 e. The maximum absolute atomic E-state index is 11.1. The average Bonchev–Trinajstić information content (AvgIpc) is 2.81. The Hall–Kier alpha value is -0.660. The second-order valence-corrected chi connectivity index (χ2v) is 4.99. The Balaban J connectivity index is 2.37. The number of hydrogen-bond donors (Lipinski definition) is 3. The molecule has 0 bridgehead atoms. The van der Waals surface area contributed by atoms with E-state index in [4.69, 9.17) is 10.2 Å².